The zero-order valence-electron chi connectivity index (χ0n) is 19.1. The fraction of sp³-hybridized carbons (Fsp3) is 0.714. The molecule has 0 aliphatic rings. The first-order valence-corrected chi connectivity index (χ1v) is 14.3. The van der Waals surface area contributed by atoms with Gasteiger partial charge < -0.3 is 26.8 Å². The molecule has 1 aromatic carbocycles. The molecule has 0 aromatic heterocycles. The van der Waals surface area contributed by atoms with E-state index in [-0.39, 0.29) is 6.61 Å². The molecule has 174 valence electrons. The molecule has 0 aliphatic heterocycles. The Hall–Kier alpha value is -0.573. The maximum absolute atomic E-state index is 13.9. The van der Waals surface area contributed by atoms with E-state index < -0.39 is 22.5 Å². The Bertz CT molecular complexity index is 585. The van der Waals surface area contributed by atoms with Crippen LogP contribution in [0.4, 0.5) is 0 Å². The summed E-state index contributed by atoms with van der Waals surface area (Å²) in [6, 6.07) is 9.26. The highest BCUT2D eigenvalue weighted by Crippen LogP contribution is 2.62. The third kappa shape index (κ3) is 8.89. The Morgan fingerprint density at radius 3 is 1.90 bits per heavy atom. The lowest BCUT2D eigenvalue weighted by Gasteiger charge is -2.34. The third-order valence-electron chi connectivity index (χ3n) is 4.17. The average molecular weight is 463 g/mol. The number of unbranched alkanes of at least 4 members (excludes halogenated alkanes) is 3. The van der Waals surface area contributed by atoms with Crippen LogP contribution in [0.25, 0.3) is 0 Å². The van der Waals surface area contributed by atoms with Gasteiger partial charge in [-0.3, -0.25) is 4.57 Å². The van der Waals surface area contributed by atoms with Crippen LogP contribution in [-0.4, -0.2) is 42.1 Å². The van der Waals surface area contributed by atoms with Crippen molar-refractivity contribution in [3.63, 3.8) is 0 Å². The lowest BCUT2D eigenvalue weighted by Crippen LogP contribution is -2.50. The summed E-state index contributed by atoms with van der Waals surface area (Å²) >= 11 is 0. The standard InChI is InChI=1S/C21H39O7PSi/c1-6-11-12-16-19-24-29(22,23-7-2)21(20-17-14-13-15-18-20)28-30(25-8-3,26-9-4)27-10-5/h13-15,17-18,21H,6-12,16,19H2,1-5H3. The van der Waals surface area contributed by atoms with Crippen molar-refractivity contribution >= 4 is 16.6 Å². The summed E-state index contributed by atoms with van der Waals surface area (Å²) in [7, 11) is -7.27. The minimum Gasteiger partial charge on any atom is -0.351 e. The molecule has 0 saturated heterocycles. The van der Waals surface area contributed by atoms with Gasteiger partial charge in [0.2, 0.25) is 0 Å². The normalized spacial score (nSPS) is 15.1. The van der Waals surface area contributed by atoms with Crippen LogP contribution in [0.2, 0.25) is 0 Å². The largest absolute Gasteiger partial charge is 0.680 e. The van der Waals surface area contributed by atoms with Gasteiger partial charge in [-0.1, -0.05) is 56.5 Å². The molecule has 1 aromatic rings. The topological polar surface area (TPSA) is 72.5 Å². The smallest absolute Gasteiger partial charge is 0.351 e. The highest BCUT2D eigenvalue weighted by molar-refractivity contribution is 7.54. The molecule has 30 heavy (non-hydrogen) atoms. The van der Waals surface area contributed by atoms with Crippen LogP contribution in [0.5, 0.6) is 0 Å². The molecule has 7 nitrogen and oxygen atoms in total. The molecule has 0 amide bonds. The van der Waals surface area contributed by atoms with Crippen LogP contribution in [0.15, 0.2) is 30.3 Å². The van der Waals surface area contributed by atoms with Gasteiger partial charge in [-0.15, -0.1) is 0 Å². The van der Waals surface area contributed by atoms with Crippen LogP contribution >= 0.6 is 7.60 Å². The summed E-state index contributed by atoms with van der Waals surface area (Å²) in [5.41, 5.74) is 0.666. The number of benzene rings is 1. The van der Waals surface area contributed by atoms with Gasteiger partial charge in [0.05, 0.1) is 13.2 Å². The van der Waals surface area contributed by atoms with Gasteiger partial charge in [-0.05, 0) is 39.7 Å². The van der Waals surface area contributed by atoms with Crippen molar-refractivity contribution in [2.75, 3.05) is 33.0 Å². The van der Waals surface area contributed by atoms with Gasteiger partial charge in [-0.25, -0.2) is 0 Å². The number of hydrogen-bond donors (Lipinski definition) is 0. The fourth-order valence-corrected chi connectivity index (χ4v) is 7.35. The van der Waals surface area contributed by atoms with E-state index in [1.54, 1.807) is 6.92 Å². The first kappa shape index (κ1) is 27.5. The molecular weight excluding hydrogens is 423 g/mol. The van der Waals surface area contributed by atoms with E-state index in [0.717, 1.165) is 25.7 Å². The summed E-state index contributed by atoms with van der Waals surface area (Å²) in [4.78, 5) is 0. The molecule has 2 unspecified atom stereocenters. The average Bonchev–Trinajstić information content (AvgIpc) is 2.73. The molecule has 2 atom stereocenters. The number of rotatable bonds is 18. The van der Waals surface area contributed by atoms with E-state index in [2.05, 4.69) is 6.92 Å². The van der Waals surface area contributed by atoms with Gasteiger partial charge in [0.15, 0.2) is 5.85 Å². The van der Waals surface area contributed by atoms with Crippen molar-refractivity contribution in [2.24, 2.45) is 0 Å². The molecule has 1 rings (SSSR count). The Morgan fingerprint density at radius 2 is 1.40 bits per heavy atom. The quantitative estimate of drug-likeness (QED) is 0.149. The maximum atomic E-state index is 13.9. The first-order chi connectivity index (χ1) is 14.5. The lowest BCUT2D eigenvalue weighted by molar-refractivity contribution is -0.0416. The summed E-state index contributed by atoms with van der Waals surface area (Å²) in [5, 5.41) is 0. The van der Waals surface area contributed by atoms with Gasteiger partial charge in [0.25, 0.3) is 0 Å². The molecule has 0 saturated carbocycles. The van der Waals surface area contributed by atoms with E-state index in [9.17, 15) is 4.57 Å². The Morgan fingerprint density at radius 1 is 0.800 bits per heavy atom. The van der Waals surface area contributed by atoms with Crippen molar-refractivity contribution in [3.05, 3.63) is 35.9 Å². The summed E-state index contributed by atoms with van der Waals surface area (Å²) in [6.45, 7) is 11.0. The van der Waals surface area contributed by atoms with Crippen LogP contribution in [0, 0.1) is 0 Å². The Kier molecular flexibility index (Phi) is 14.0. The molecule has 0 aliphatic carbocycles. The monoisotopic (exact) mass is 462 g/mol. The fourth-order valence-electron chi connectivity index (χ4n) is 2.90. The molecular formula is C21H39O7PSi. The molecule has 0 heterocycles. The molecule has 0 bridgehead atoms. The van der Waals surface area contributed by atoms with Crippen LogP contribution in [0.3, 0.4) is 0 Å². The second-order valence-corrected chi connectivity index (χ2v) is 10.7. The summed E-state index contributed by atoms with van der Waals surface area (Å²) in [5.74, 6) is -1.01. The predicted octanol–water partition coefficient (Wildman–Crippen LogP) is 6.07. The molecule has 9 heteroatoms. The van der Waals surface area contributed by atoms with Crippen molar-refractivity contribution in [1.82, 2.24) is 0 Å². The van der Waals surface area contributed by atoms with Crippen LogP contribution in [-0.2, 0) is 31.3 Å². The van der Waals surface area contributed by atoms with Crippen molar-refractivity contribution in [2.45, 2.75) is 66.1 Å². The zero-order valence-corrected chi connectivity index (χ0v) is 21.0. The summed E-state index contributed by atoms with van der Waals surface area (Å²) in [6.07, 6.45) is 4.03. The lowest BCUT2D eigenvalue weighted by atomic mass is 10.2. The van der Waals surface area contributed by atoms with E-state index in [1.165, 1.54) is 0 Å². The number of hydrogen-bond acceptors (Lipinski definition) is 7. The highest BCUT2D eigenvalue weighted by atomic mass is 31.2. The van der Waals surface area contributed by atoms with E-state index in [1.807, 2.05) is 51.1 Å². The van der Waals surface area contributed by atoms with Crippen molar-refractivity contribution in [3.8, 4) is 0 Å². The third-order valence-corrected chi connectivity index (χ3v) is 8.96. The van der Waals surface area contributed by atoms with Crippen LogP contribution in [0.1, 0.15) is 71.7 Å². The minimum absolute atomic E-state index is 0.228. The van der Waals surface area contributed by atoms with E-state index in [4.69, 9.17) is 26.8 Å². The highest BCUT2D eigenvalue weighted by Gasteiger charge is 2.52. The van der Waals surface area contributed by atoms with Gasteiger partial charge >= 0.3 is 16.6 Å². The van der Waals surface area contributed by atoms with Crippen molar-refractivity contribution < 1.29 is 31.3 Å². The van der Waals surface area contributed by atoms with Gasteiger partial charge in [-0.2, -0.15) is 0 Å². The zero-order chi connectivity index (χ0) is 22.3. The minimum atomic E-state index is -3.69. The van der Waals surface area contributed by atoms with Gasteiger partial charge in [0, 0.05) is 19.8 Å². The van der Waals surface area contributed by atoms with E-state index in [0.29, 0.717) is 32.0 Å². The molecule has 0 radical (unpaired) electrons. The molecule has 0 spiro atoms. The predicted molar refractivity (Wildman–Crippen MR) is 120 cm³/mol. The second kappa shape index (κ2) is 15.3. The van der Waals surface area contributed by atoms with Gasteiger partial charge in [0.1, 0.15) is 0 Å². The van der Waals surface area contributed by atoms with E-state index >= 15 is 0 Å². The van der Waals surface area contributed by atoms with Crippen molar-refractivity contribution in [1.29, 1.82) is 0 Å². The SMILES string of the molecule is CCCCCCOP(=O)(OCC)C(O[Si](OCC)(OCC)OCC)c1ccccc1. The molecule has 0 N–H and O–H groups in total. The summed E-state index contributed by atoms with van der Waals surface area (Å²) < 4.78 is 49.3. The maximum Gasteiger partial charge on any atom is 0.680 e. The second-order valence-electron chi connectivity index (χ2n) is 6.53. The Balaban J connectivity index is 3.24. The Labute approximate surface area is 183 Å². The van der Waals surface area contributed by atoms with Crippen LogP contribution < -0.4 is 0 Å². The molecule has 0 fully saturated rings. The first-order valence-electron chi connectivity index (χ1n) is 11.0.